The highest BCUT2D eigenvalue weighted by molar-refractivity contribution is 5.69. The van der Waals surface area contributed by atoms with E-state index in [1.807, 2.05) is 30.3 Å². The molecule has 7 nitrogen and oxygen atoms in total. The molecule has 188 valence electrons. The van der Waals surface area contributed by atoms with E-state index in [0.29, 0.717) is 47.7 Å². The highest BCUT2D eigenvalue weighted by Gasteiger charge is 2.45. The normalized spacial score (nSPS) is 19.9. The summed E-state index contributed by atoms with van der Waals surface area (Å²) in [7, 11) is 0. The van der Waals surface area contributed by atoms with Crippen molar-refractivity contribution in [2.75, 3.05) is 11.1 Å². The van der Waals surface area contributed by atoms with Gasteiger partial charge in [-0.1, -0.05) is 30.3 Å². The van der Waals surface area contributed by atoms with Gasteiger partial charge in [-0.3, -0.25) is 0 Å². The molecule has 1 aliphatic carbocycles. The van der Waals surface area contributed by atoms with Gasteiger partial charge < -0.3 is 20.9 Å². The summed E-state index contributed by atoms with van der Waals surface area (Å²) >= 11 is 0. The van der Waals surface area contributed by atoms with Gasteiger partial charge in [0, 0.05) is 36.8 Å². The van der Waals surface area contributed by atoms with Crippen LogP contribution in [0.1, 0.15) is 40.9 Å². The van der Waals surface area contributed by atoms with Crippen LogP contribution in [0.2, 0.25) is 0 Å². The Balaban J connectivity index is 1.31. The number of aliphatic hydroxyl groups is 1. The summed E-state index contributed by atoms with van der Waals surface area (Å²) in [4.78, 5) is 4.42. The van der Waals surface area contributed by atoms with Crippen molar-refractivity contribution < 1.29 is 23.0 Å². The molecule has 2 aromatic heterocycles. The first kappa shape index (κ1) is 24.1. The molecule has 0 radical (unpaired) electrons. The van der Waals surface area contributed by atoms with E-state index in [-0.39, 0.29) is 18.3 Å². The number of benzene rings is 2. The molecule has 0 bridgehead atoms. The van der Waals surface area contributed by atoms with Crippen molar-refractivity contribution in [1.82, 2.24) is 14.6 Å². The van der Waals surface area contributed by atoms with Gasteiger partial charge in [-0.05, 0) is 42.3 Å². The topological polar surface area (TPSA) is 97.7 Å². The molecule has 0 spiro atoms. The Morgan fingerprint density at radius 3 is 2.61 bits per heavy atom. The van der Waals surface area contributed by atoms with Crippen molar-refractivity contribution in [3.8, 4) is 0 Å². The molecule has 0 unspecified atom stereocenters. The average Bonchev–Trinajstić information content (AvgIpc) is 3.24. The van der Waals surface area contributed by atoms with E-state index in [9.17, 15) is 18.3 Å². The van der Waals surface area contributed by atoms with E-state index < -0.39 is 17.3 Å². The molecule has 10 heteroatoms. The van der Waals surface area contributed by atoms with Crippen LogP contribution in [0.15, 0.2) is 60.8 Å². The quantitative estimate of drug-likeness (QED) is 0.317. The summed E-state index contributed by atoms with van der Waals surface area (Å²) in [6.07, 6.45) is -1.88. The van der Waals surface area contributed by atoms with Gasteiger partial charge in [-0.25, -0.2) is 9.50 Å². The molecule has 0 atom stereocenters. The van der Waals surface area contributed by atoms with Gasteiger partial charge >= 0.3 is 6.18 Å². The number of hydrogen-bond donors (Lipinski definition) is 3. The zero-order chi connectivity index (χ0) is 25.5. The van der Waals surface area contributed by atoms with Crippen LogP contribution in [0.4, 0.5) is 24.7 Å². The number of nitrogens with two attached hydrogens (primary N) is 1. The van der Waals surface area contributed by atoms with Crippen molar-refractivity contribution >= 4 is 17.0 Å². The third-order valence-corrected chi connectivity index (χ3v) is 6.37. The Kier molecular flexibility index (Phi) is 6.09. The van der Waals surface area contributed by atoms with E-state index in [0.717, 1.165) is 17.7 Å². The molecule has 2 heterocycles. The van der Waals surface area contributed by atoms with Crippen LogP contribution in [-0.4, -0.2) is 25.8 Å². The lowest BCUT2D eigenvalue weighted by Crippen LogP contribution is -2.45. The minimum Gasteiger partial charge on any atom is -0.399 e. The predicted molar refractivity (Wildman–Crippen MR) is 129 cm³/mol. The van der Waals surface area contributed by atoms with Gasteiger partial charge in [-0.2, -0.15) is 18.3 Å². The molecule has 0 saturated heterocycles. The lowest BCUT2D eigenvalue weighted by Gasteiger charge is -2.43. The fourth-order valence-corrected chi connectivity index (χ4v) is 4.50. The Hall–Kier alpha value is -3.63. The van der Waals surface area contributed by atoms with Gasteiger partial charge in [0.15, 0.2) is 5.82 Å². The molecule has 4 aromatic rings. The van der Waals surface area contributed by atoms with Crippen LogP contribution in [0.25, 0.3) is 5.52 Å². The van der Waals surface area contributed by atoms with Gasteiger partial charge in [0.1, 0.15) is 11.3 Å². The maximum atomic E-state index is 13.2. The van der Waals surface area contributed by atoms with Gasteiger partial charge in [-0.15, -0.1) is 0 Å². The van der Waals surface area contributed by atoms with Crippen LogP contribution in [0, 0.1) is 6.92 Å². The van der Waals surface area contributed by atoms with Crippen LogP contribution in [0.3, 0.4) is 0 Å². The molecule has 4 N–H and O–H groups in total. The zero-order valence-corrected chi connectivity index (χ0v) is 19.6. The fourth-order valence-electron chi connectivity index (χ4n) is 4.50. The maximum absolute atomic E-state index is 13.2. The number of rotatable bonds is 7. The standard InChI is InChI=1S/C26H26F3N5O2/c1-16-32-24(31-13-18-7-19(26(27,28)29)9-21(30)8-18)23-10-20(14-34(23)33-16)25(35)11-22(12-25)36-15-17-5-3-2-4-6-17/h2-10,14,22,35H,11-13,15,30H2,1H3,(H,31,32,33). The number of nitrogens with zero attached hydrogens (tertiary/aromatic N) is 3. The lowest BCUT2D eigenvalue weighted by atomic mass is 9.73. The fraction of sp³-hybridized carbons (Fsp3) is 0.308. The van der Waals surface area contributed by atoms with Gasteiger partial charge in [0.25, 0.3) is 0 Å². The Bertz CT molecular complexity index is 1380. The van der Waals surface area contributed by atoms with Gasteiger partial charge in [0.2, 0.25) is 0 Å². The van der Waals surface area contributed by atoms with E-state index in [1.165, 1.54) is 6.07 Å². The Morgan fingerprint density at radius 1 is 1.14 bits per heavy atom. The van der Waals surface area contributed by atoms with Crippen LogP contribution in [0.5, 0.6) is 0 Å². The monoisotopic (exact) mass is 497 g/mol. The molecule has 1 aliphatic rings. The van der Waals surface area contributed by atoms with Crippen molar-refractivity contribution in [3.63, 3.8) is 0 Å². The van der Waals surface area contributed by atoms with Gasteiger partial charge in [0.05, 0.1) is 23.9 Å². The summed E-state index contributed by atoms with van der Waals surface area (Å²) in [5.74, 6) is 0.921. The Labute approximate surface area is 205 Å². The molecular weight excluding hydrogens is 471 g/mol. The van der Waals surface area contributed by atoms with Crippen LogP contribution < -0.4 is 11.1 Å². The largest absolute Gasteiger partial charge is 0.416 e. The third kappa shape index (κ3) is 5.00. The molecule has 2 aromatic carbocycles. The number of halogens is 3. The number of hydrogen-bond acceptors (Lipinski definition) is 6. The minimum atomic E-state index is -4.49. The molecule has 5 rings (SSSR count). The minimum absolute atomic E-state index is 0.0341. The molecule has 1 fully saturated rings. The first-order chi connectivity index (χ1) is 17.1. The second-order valence-electron chi connectivity index (χ2n) is 9.24. The van der Waals surface area contributed by atoms with Crippen molar-refractivity contribution in [3.05, 3.63) is 88.9 Å². The zero-order valence-electron chi connectivity index (χ0n) is 19.6. The number of fused-ring (bicyclic) bond motifs is 1. The number of alkyl halides is 3. The lowest BCUT2D eigenvalue weighted by molar-refractivity contribution is -0.149. The number of nitrogens with one attached hydrogen (secondary N) is 1. The molecule has 0 amide bonds. The van der Waals surface area contributed by atoms with E-state index in [1.54, 1.807) is 23.7 Å². The first-order valence-corrected chi connectivity index (χ1v) is 11.5. The second kappa shape index (κ2) is 9.11. The average molecular weight is 498 g/mol. The van der Waals surface area contributed by atoms with Crippen molar-refractivity contribution in [1.29, 1.82) is 0 Å². The molecule has 1 saturated carbocycles. The van der Waals surface area contributed by atoms with Crippen molar-refractivity contribution in [2.24, 2.45) is 0 Å². The highest BCUT2D eigenvalue weighted by atomic mass is 19.4. The Morgan fingerprint density at radius 2 is 1.89 bits per heavy atom. The molecule has 36 heavy (non-hydrogen) atoms. The molecular formula is C26H26F3N5O2. The number of aromatic nitrogens is 3. The van der Waals surface area contributed by atoms with Crippen LogP contribution in [-0.2, 0) is 29.7 Å². The SMILES string of the molecule is Cc1nc(NCc2cc(N)cc(C(F)(F)F)c2)c2cc(C3(O)CC(OCc4ccccc4)C3)cn2n1. The van der Waals surface area contributed by atoms with Crippen LogP contribution >= 0.6 is 0 Å². The summed E-state index contributed by atoms with van der Waals surface area (Å²) in [6, 6.07) is 15.1. The predicted octanol–water partition coefficient (Wildman–Crippen LogP) is 4.82. The highest BCUT2D eigenvalue weighted by Crippen LogP contribution is 2.44. The summed E-state index contributed by atoms with van der Waals surface area (Å²) in [5, 5.41) is 18.7. The number of nitrogen functional groups attached to an aromatic ring is 1. The van der Waals surface area contributed by atoms with E-state index in [4.69, 9.17) is 10.5 Å². The first-order valence-electron chi connectivity index (χ1n) is 11.5. The molecule has 0 aliphatic heterocycles. The number of aryl methyl sites for hydroxylation is 1. The van der Waals surface area contributed by atoms with E-state index in [2.05, 4.69) is 15.4 Å². The summed E-state index contributed by atoms with van der Waals surface area (Å²) < 4.78 is 47.0. The van der Waals surface area contributed by atoms with Crippen molar-refractivity contribution in [2.45, 2.75) is 50.8 Å². The number of ether oxygens (including phenoxy) is 1. The summed E-state index contributed by atoms with van der Waals surface area (Å²) in [6.45, 7) is 2.29. The third-order valence-electron chi connectivity index (χ3n) is 6.37. The smallest absolute Gasteiger partial charge is 0.399 e. The number of anilines is 2. The maximum Gasteiger partial charge on any atom is 0.416 e. The summed E-state index contributed by atoms with van der Waals surface area (Å²) in [5.41, 5.74) is 6.62. The second-order valence-corrected chi connectivity index (χ2v) is 9.24. The van der Waals surface area contributed by atoms with E-state index >= 15 is 0 Å².